The lowest BCUT2D eigenvalue weighted by Crippen LogP contribution is -2.58. The largest absolute Gasteiger partial charge is 0.481 e. The van der Waals surface area contributed by atoms with Gasteiger partial charge < -0.3 is 79.7 Å². The summed E-state index contributed by atoms with van der Waals surface area (Å²) >= 11 is 3.76. The standard InChI is InChI=1S/C27H46N12O14S/c28-12(2-1-3-31-27(29)30)22(48)34-5-17(42)32-7-19(44)36-14(9-40)23(49)35-6-18(43)33-8-20(45)37-15(10-41)25(51)38-13(4-21(46)47)24(50)39-16(11-54)26(52)53/h12-16,40-41,54H,1-11,28H2,(H,32,42)(H,33,43)(H,34,48)(H,35,49)(H,36,44)(H,37,45)(H,38,51)(H,39,50)(H,46,47)(H,52,53)(H4,29,30,31)/t12-,13-,14-,15-,16-/m0/s1. The zero-order chi connectivity index (χ0) is 41.4. The Hall–Kier alpha value is -5.80. The van der Waals surface area contributed by atoms with Gasteiger partial charge in [-0.05, 0) is 12.8 Å². The van der Waals surface area contributed by atoms with Crippen molar-refractivity contribution >= 4 is 77.8 Å². The number of thiol groups is 1. The zero-order valence-corrected chi connectivity index (χ0v) is 29.5. The van der Waals surface area contributed by atoms with Gasteiger partial charge >= 0.3 is 11.9 Å². The topological polar surface area (TPSA) is 436 Å². The van der Waals surface area contributed by atoms with Gasteiger partial charge in [0, 0.05) is 12.3 Å². The minimum absolute atomic E-state index is 0.226. The smallest absolute Gasteiger partial charge is 0.327 e. The van der Waals surface area contributed by atoms with E-state index in [9.17, 15) is 58.2 Å². The summed E-state index contributed by atoms with van der Waals surface area (Å²) in [6.45, 7) is -4.46. The quantitative estimate of drug-likeness (QED) is 0.0167. The van der Waals surface area contributed by atoms with Crippen LogP contribution in [0.15, 0.2) is 0 Å². The van der Waals surface area contributed by atoms with Gasteiger partial charge in [-0.25, -0.2) is 4.79 Å². The van der Waals surface area contributed by atoms with Crippen LogP contribution in [0.2, 0.25) is 0 Å². The fraction of sp³-hybridized carbons (Fsp3) is 0.593. The predicted molar refractivity (Wildman–Crippen MR) is 185 cm³/mol. The lowest BCUT2D eigenvalue weighted by Gasteiger charge is -2.22. The maximum absolute atomic E-state index is 12.6. The van der Waals surface area contributed by atoms with E-state index in [1.54, 1.807) is 0 Å². The Balaban J connectivity index is 4.73. The maximum Gasteiger partial charge on any atom is 0.327 e. The van der Waals surface area contributed by atoms with Crippen LogP contribution in [-0.4, -0.2) is 167 Å². The Kier molecular flexibility index (Phi) is 23.2. The molecule has 8 amide bonds. The molecule has 0 spiro atoms. The summed E-state index contributed by atoms with van der Waals surface area (Å²) in [5.74, 6) is -11.5. The minimum atomic E-state index is -1.82. The van der Waals surface area contributed by atoms with E-state index in [-0.39, 0.29) is 18.1 Å². The van der Waals surface area contributed by atoms with Gasteiger partial charge in [-0.15, -0.1) is 0 Å². The van der Waals surface area contributed by atoms with Gasteiger partial charge in [-0.2, -0.15) is 12.6 Å². The summed E-state index contributed by atoms with van der Waals surface area (Å²) in [6.07, 6.45) is -0.354. The van der Waals surface area contributed by atoms with Crippen LogP contribution in [-0.2, 0) is 47.9 Å². The number of guanidine groups is 1. The third-order valence-corrected chi connectivity index (χ3v) is 6.93. The summed E-state index contributed by atoms with van der Waals surface area (Å²) in [7, 11) is 0. The molecule has 54 heavy (non-hydrogen) atoms. The minimum Gasteiger partial charge on any atom is -0.481 e. The fourth-order valence-electron chi connectivity index (χ4n) is 3.74. The third kappa shape index (κ3) is 20.9. The van der Waals surface area contributed by atoms with Crippen LogP contribution in [0.1, 0.15) is 19.3 Å². The van der Waals surface area contributed by atoms with Crippen LogP contribution < -0.4 is 59.3 Å². The van der Waals surface area contributed by atoms with Crippen molar-refractivity contribution < 1.29 is 68.4 Å². The Morgan fingerprint density at radius 1 is 0.593 bits per heavy atom. The first-order valence-electron chi connectivity index (χ1n) is 15.7. The van der Waals surface area contributed by atoms with Crippen molar-refractivity contribution in [2.75, 3.05) is 51.7 Å². The Morgan fingerprint density at radius 2 is 1.04 bits per heavy atom. The molecule has 0 aliphatic carbocycles. The maximum atomic E-state index is 12.6. The number of nitrogens with one attached hydrogen (secondary N) is 10. The number of aliphatic hydroxyl groups is 2. The van der Waals surface area contributed by atoms with E-state index >= 15 is 0 Å². The van der Waals surface area contributed by atoms with E-state index in [1.165, 1.54) is 0 Å². The first kappa shape index (κ1) is 48.2. The number of aliphatic hydroxyl groups excluding tert-OH is 2. The van der Waals surface area contributed by atoms with E-state index < -0.39 is 135 Å². The number of rotatable bonds is 26. The second-order valence-electron chi connectivity index (χ2n) is 10.9. The van der Waals surface area contributed by atoms with Crippen LogP contribution >= 0.6 is 12.6 Å². The number of hydrogen-bond donors (Lipinski definition) is 17. The molecule has 18 N–H and O–H groups in total. The molecule has 0 radical (unpaired) electrons. The Bertz CT molecular complexity index is 1390. The molecule has 0 saturated heterocycles. The van der Waals surface area contributed by atoms with Gasteiger partial charge in [0.2, 0.25) is 47.3 Å². The van der Waals surface area contributed by atoms with Crippen molar-refractivity contribution in [3.63, 3.8) is 0 Å². The zero-order valence-electron chi connectivity index (χ0n) is 28.6. The normalized spacial score (nSPS) is 13.2. The van der Waals surface area contributed by atoms with Crippen LogP contribution in [0.25, 0.3) is 0 Å². The second kappa shape index (κ2) is 26.0. The first-order valence-corrected chi connectivity index (χ1v) is 16.4. The van der Waals surface area contributed by atoms with Crippen molar-refractivity contribution in [3.05, 3.63) is 0 Å². The van der Waals surface area contributed by atoms with E-state index in [2.05, 4.69) is 44.5 Å². The van der Waals surface area contributed by atoms with Crippen molar-refractivity contribution in [1.82, 2.24) is 47.9 Å². The predicted octanol–water partition coefficient (Wildman–Crippen LogP) is -9.55. The molecule has 27 heteroatoms. The van der Waals surface area contributed by atoms with Crippen molar-refractivity contribution in [3.8, 4) is 0 Å². The van der Waals surface area contributed by atoms with Crippen molar-refractivity contribution in [2.24, 2.45) is 11.5 Å². The molecule has 0 aliphatic heterocycles. The fourth-order valence-corrected chi connectivity index (χ4v) is 3.99. The van der Waals surface area contributed by atoms with E-state index in [0.717, 1.165) is 0 Å². The summed E-state index contributed by atoms with van der Waals surface area (Å²) in [6, 6.07) is -7.63. The lowest BCUT2D eigenvalue weighted by atomic mass is 10.1. The highest BCUT2D eigenvalue weighted by atomic mass is 32.1. The van der Waals surface area contributed by atoms with Gasteiger partial charge in [0.15, 0.2) is 5.96 Å². The van der Waals surface area contributed by atoms with Crippen LogP contribution in [0, 0.1) is 5.41 Å². The molecule has 0 aromatic rings. The van der Waals surface area contributed by atoms with Gasteiger partial charge in [0.1, 0.15) is 24.2 Å². The molecule has 5 atom stereocenters. The summed E-state index contributed by atoms with van der Waals surface area (Å²) < 4.78 is 0. The number of hydrogen-bond acceptors (Lipinski definition) is 15. The number of carboxylic acid groups (broad SMARTS) is 2. The lowest BCUT2D eigenvalue weighted by molar-refractivity contribution is -0.143. The molecular formula is C27H46N12O14S. The second-order valence-corrected chi connectivity index (χ2v) is 11.3. The van der Waals surface area contributed by atoms with Gasteiger partial charge in [-0.1, -0.05) is 0 Å². The molecule has 0 fully saturated rings. The molecule has 26 nitrogen and oxygen atoms in total. The summed E-state index contributed by atoms with van der Waals surface area (Å²) in [5, 5.41) is 63.4. The highest BCUT2D eigenvalue weighted by molar-refractivity contribution is 7.80. The molecule has 0 heterocycles. The molecule has 0 bridgehead atoms. The summed E-state index contributed by atoms with van der Waals surface area (Å²) in [5.41, 5.74) is 10.9. The Morgan fingerprint density at radius 3 is 1.48 bits per heavy atom. The number of amides is 8. The third-order valence-electron chi connectivity index (χ3n) is 6.56. The molecule has 0 aliphatic rings. The monoisotopic (exact) mass is 794 g/mol. The summed E-state index contributed by atoms with van der Waals surface area (Å²) in [4.78, 5) is 120. The SMILES string of the molecule is N=C(N)NCCC[C@H](N)C(=O)NCC(=O)NCC(=O)N[C@@H](CO)C(=O)NCC(=O)NCC(=O)N[C@@H](CO)C(=O)N[C@@H](CC(=O)O)C(=O)N[C@@H](CS)C(=O)O. The molecular weight excluding hydrogens is 748 g/mol. The molecule has 304 valence electrons. The van der Waals surface area contributed by atoms with Crippen LogP contribution in [0.3, 0.4) is 0 Å². The molecule has 0 unspecified atom stereocenters. The van der Waals surface area contributed by atoms with Crippen LogP contribution in [0.5, 0.6) is 0 Å². The number of carboxylic acids is 2. The highest BCUT2D eigenvalue weighted by Crippen LogP contribution is 1.99. The molecule has 0 aromatic heterocycles. The average molecular weight is 795 g/mol. The Labute approximate surface area is 311 Å². The molecule has 0 aromatic carbocycles. The van der Waals surface area contributed by atoms with Crippen molar-refractivity contribution in [2.45, 2.75) is 49.5 Å². The number of carbonyl (C=O) groups excluding carboxylic acids is 8. The number of carbonyl (C=O) groups is 10. The van der Waals surface area contributed by atoms with Gasteiger partial charge in [0.05, 0.1) is 51.9 Å². The van der Waals surface area contributed by atoms with Crippen LogP contribution in [0.4, 0.5) is 0 Å². The van der Waals surface area contributed by atoms with E-state index in [4.69, 9.17) is 27.1 Å². The highest BCUT2D eigenvalue weighted by Gasteiger charge is 2.30. The van der Waals surface area contributed by atoms with E-state index in [1.807, 2.05) is 16.0 Å². The number of nitrogens with two attached hydrogens (primary N) is 2. The van der Waals surface area contributed by atoms with Gasteiger partial charge in [-0.3, -0.25) is 48.6 Å². The first-order chi connectivity index (χ1) is 25.3. The van der Waals surface area contributed by atoms with Gasteiger partial charge in [0.25, 0.3) is 0 Å². The number of aliphatic carboxylic acids is 2. The van der Waals surface area contributed by atoms with E-state index in [0.29, 0.717) is 13.0 Å². The molecule has 0 rings (SSSR count). The average Bonchev–Trinajstić information content (AvgIpc) is 3.11. The van der Waals surface area contributed by atoms with Crippen molar-refractivity contribution in [1.29, 1.82) is 5.41 Å². The molecule has 0 saturated carbocycles.